The maximum Gasteiger partial charge on any atom is 0.0700 e. The van der Waals surface area contributed by atoms with Crippen molar-refractivity contribution in [2.75, 3.05) is 33.5 Å². The normalized spacial score (nSPS) is 10.9. The van der Waals surface area contributed by atoms with Gasteiger partial charge in [0.15, 0.2) is 0 Å². The van der Waals surface area contributed by atoms with Crippen molar-refractivity contribution in [3.8, 4) is 0 Å². The second-order valence-corrected chi connectivity index (χ2v) is 4.17. The van der Waals surface area contributed by atoms with E-state index in [0.717, 1.165) is 32.5 Å². The summed E-state index contributed by atoms with van der Waals surface area (Å²) in [5.74, 6) is 0. The Balaban J connectivity index is 1.84. The fourth-order valence-corrected chi connectivity index (χ4v) is 1.60. The smallest absolute Gasteiger partial charge is 0.0700 e. The first-order valence-corrected chi connectivity index (χ1v) is 6.21. The van der Waals surface area contributed by atoms with Crippen LogP contribution in [0.1, 0.15) is 18.4 Å². The highest BCUT2D eigenvalue weighted by atomic mass is 16.5. The molecule has 0 aliphatic carbocycles. The molecule has 0 aromatic carbocycles. The van der Waals surface area contributed by atoms with Crippen LogP contribution in [-0.4, -0.2) is 38.0 Å². The molecular formula is C13H24N2O2. The first-order valence-electron chi connectivity index (χ1n) is 6.21. The molecule has 0 saturated heterocycles. The van der Waals surface area contributed by atoms with E-state index in [1.165, 1.54) is 5.56 Å². The van der Waals surface area contributed by atoms with Crippen molar-refractivity contribution in [2.45, 2.75) is 19.4 Å². The molecule has 0 spiro atoms. The maximum absolute atomic E-state index is 5.39. The molecule has 0 bridgehead atoms. The number of ether oxygens (including phenoxy) is 2. The van der Waals surface area contributed by atoms with Gasteiger partial charge in [-0.15, -0.1) is 0 Å². The molecule has 1 N–H and O–H groups in total. The van der Waals surface area contributed by atoms with E-state index in [4.69, 9.17) is 9.47 Å². The molecule has 0 radical (unpaired) electrons. The minimum atomic E-state index is 0.687. The molecule has 1 heterocycles. The predicted molar refractivity (Wildman–Crippen MR) is 69.0 cm³/mol. The van der Waals surface area contributed by atoms with E-state index in [9.17, 15) is 0 Å². The lowest BCUT2D eigenvalue weighted by molar-refractivity contribution is 0.0688. The fourth-order valence-electron chi connectivity index (χ4n) is 1.60. The molecule has 0 atom stereocenters. The van der Waals surface area contributed by atoms with Gasteiger partial charge in [-0.2, -0.15) is 0 Å². The third kappa shape index (κ3) is 7.15. The molecule has 1 rings (SSSR count). The van der Waals surface area contributed by atoms with Crippen LogP contribution in [0.15, 0.2) is 18.5 Å². The van der Waals surface area contributed by atoms with Crippen LogP contribution in [0.3, 0.4) is 0 Å². The minimum Gasteiger partial charge on any atom is -0.382 e. The van der Waals surface area contributed by atoms with Crippen molar-refractivity contribution in [3.05, 3.63) is 24.0 Å². The molecule has 0 saturated carbocycles. The Labute approximate surface area is 104 Å². The highest BCUT2D eigenvalue weighted by Gasteiger charge is 1.94. The standard InChI is InChI=1S/C13H24N2O2/c1-15-7-5-13(12-15)11-14-6-3-4-8-17-10-9-16-2/h5,7,12,14H,3-4,6,8-11H2,1-2H3. The molecular weight excluding hydrogens is 216 g/mol. The number of rotatable bonds is 10. The van der Waals surface area contributed by atoms with Crippen LogP contribution in [0.5, 0.6) is 0 Å². The minimum absolute atomic E-state index is 0.687. The third-order valence-corrected chi connectivity index (χ3v) is 2.55. The highest BCUT2D eigenvalue weighted by molar-refractivity contribution is 5.09. The molecule has 0 aliphatic rings. The van der Waals surface area contributed by atoms with E-state index in [-0.39, 0.29) is 0 Å². The molecule has 1 aromatic rings. The predicted octanol–water partition coefficient (Wildman–Crippen LogP) is 1.56. The van der Waals surface area contributed by atoms with Gasteiger partial charge in [-0.3, -0.25) is 0 Å². The van der Waals surface area contributed by atoms with E-state index < -0.39 is 0 Å². The number of hydrogen-bond acceptors (Lipinski definition) is 3. The third-order valence-electron chi connectivity index (χ3n) is 2.55. The Morgan fingerprint density at radius 3 is 2.82 bits per heavy atom. The van der Waals surface area contributed by atoms with Crippen LogP contribution < -0.4 is 5.32 Å². The second-order valence-electron chi connectivity index (χ2n) is 4.17. The molecule has 0 unspecified atom stereocenters. The lowest BCUT2D eigenvalue weighted by atomic mass is 10.3. The average molecular weight is 240 g/mol. The van der Waals surface area contributed by atoms with E-state index in [1.807, 2.05) is 7.05 Å². The van der Waals surface area contributed by atoms with Gasteiger partial charge in [0.2, 0.25) is 0 Å². The van der Waals surface area contributed by atoms with Crippen LogP contribution in [0.4, 0.5) is 0 Å². The van der Waals surface area contributed by atoms with Crippen molar-refractivity contribution in [1.82, 2.24) is 9.88 Å². The summed E-state index contributed by atoms with van der Waals surface area (Å²) in [4.78, 5) is 0. The Hall–Kier alpha value is -0.840. The molecule has 17 heavy (non-hydrogen) atoms. The van der Waals surface area contributed by atoms with Crippen LogP contribution in [0, 0.1) is 0 Å². The summed E-state index contributed by atoms with van der Waals surface area (Å²) in [6.07, 6.45) is 6.47. The highest BCUT2D eigenvalue weighted by Crippen LogP contribution is 1.98. The van der Waals surface area contributed by atoms with Crippen LogP contribution in [0.25, 0.3) is 0 Å². The Kier molecular flexibility index (Phi) is 7.71. The molecule has 0 amide bonds. The lowest BCUT2D eigenvalue weighted by Gasteiger charge is -2.04. The zero-order chi connectivity index (χ0) is 12.3. The van der Waals surface area contributed by atoms with E-state index >= 15 is 0 Å². The van der Waals surface area contributed by atoms with Crippen molar-refractivity contribution in [1.29, 1.82) is 0 Å². The lowest BCUT2D eigenvalue weighted by Crippen LogP contribution is -2.15. The first-order chi connectivity index (χ1) is 8.33. The van der Waals surface area contributed by atoms with Crippen LogP contribution in [0.2, 0.25) is 0 Å². The summed E-state index contributed by atoms with van der Waals surface area (Å²) >= 11 is 0. The molecule has 0 aliphatic heterocycles. The molecule has 1 aromatic heterocycles. The van der Waals surface area contributed by atoms with Crippen molar-refractivity contribution >= 4 is 0 Å². The Morgan fingerprint density at radius 2 is 2.12 bits per heavy atom. The number of unbranched alkanes of at least 4 members (excludes halogenated alkanes) is 1. The Bertz CT molecular complexity index is 287. The summed E-state index contributed by atoms with van der Waals surface area (Å²) in [5.41, 5.74) is 1.34. The summed E-state index contributed by atoms with van der Waals surface area (Å²) in [7, 11) is 3.73. The summed E-state index contributed by atoms with van der Waals surface area (Å²) in [6.45, 7) is 4.21. The summed E-state index contributed by atoms with van der Waals surface area (Å²) in [6, 6.07) is 2.14. The zero-order valence-electron chi connectivity index (χ0n) is 10.9. The number of aryl methyl sites for hydroxylation is 1. The number of nitrogens with one attached hydrogen (secondary N) is 1. The largest absolute Gasteiger partial charge is 0.382 e. The average Bonchev–Trinajstić information content (AvgIpc) is 2.73. The van der Waals surface area contributed by atoms with Gasteiger partial charge in [0.05, 0.1) is 13.2 Å². The van der Waals surface area contributed by atoms with Gasteiger partial charge in [-0.1, -0.05) is 0 Å². The zero-order valence-corrected chi connectivity index (χ0v) is 10.9. The molecule has 4 nitrogen and oxygen atoms in total. The van der Waals surface area contributed by atoms with E-state index in [1.54, 1.807) is 7.11 Å². The molecule has 0 fully saturated rings. The van der Waals surface area contributed by atoms with Gasteiger partial charge in [0.1, 0.15) is 0 Å². The van der Waals surface area contributed by atoms with Gasteiger partial charge in [-0.25, -0.2) is 0 Å². The summed E-state index contributed by atoms with van der Waals surface area (Å²) in [5, 5.41) is 3.42. The van der Waals surface area contributed by atoms with Gasteiger partial charge < -0.3 is 19.4 Å². The number of hydrogen-bond donors (Lipinski definition) is 1. The van der Waals surface area contributed by atoms with E-state index in [2.05, 4.69) is 28.3 Å². The monoisotopic (exact) mass is 240 g/mol. The quantitative estimate of drug-likeness (QED) is 0.630. The Morgan fingerprint density at radius 1 is 1.24 bits per heavy atom. The van der Waals surface area contributed by atoms with Crippen molar-refractivity contribution in [2.24, 2.45) is 7.05 Å². The van der Waals surface area contributed by atoms with Gasteiger partial charge in [0.25, 0.3) is 0 Å². The fraction of sp³-hybridized carbons (Fsp3) is 0.692. The van der Waals surface area contributed by atoms with E-state index in [0.29, 0.717) is 13.2 Å². The number of nitrogens with zero attached hydrogens (tertiary/aromatic N) is 1. The van der Waals surface area contributed by atoms with Gasteiger partial charge in [0, 0.05) is 39.7 Å². The topological polar surface area (TPSA) is 35.4 Å². The maximum atomic E-state index is 5.39. The number of aromatic nitrogens is 1. The van der Waals surface area contributed by atoms with Gasteiger partial charge >= 0.3 is 0 Å². The molecule has 4 heteroatoms. The van der Waals surface area contributed by atoms with Crippen molar-refractivity contribution < 1.29 is 9.47 Å². The molecule has 98 valence electrons. The number of methoxy groups -OCH3 is 1. The second kappa shape index (κ2) is 9.22. The first kappa shape index (κ1) is 14.2. The van der Waals surface area contributed by atoms with Crippen LogP contribution in [-0.2, 0) is 23.1 Å². The van der Waals surface area contributed by atoms with Gasteiger partial charge in [-0.05, 0) is 31.0 Å². The SMILES string of the molecule is COCCOCCCCNCc1ccn(C)c1. The van der Waals surface area contributed by atoms with Crippen molar-refractivity contribution in [3.63, 3.8) is 0 Å². The van der Waals surface area contributed by atoms with Crippen LogP contribution >= 0.6 is 0 Å². The summed E-state index contributed by atoms with van der Waals surface area (Å²) < 4.78 is 12.4.